The van der Waals surface area contributed by atoms with Crippen LogP contribution in [0.3, 0.4) is 0 Å². The predicted molar refractivity (Wildman–Crippen MR) is 323 cm³/mol. The van der Waals surface area contributed by atoms with Crippen LogP contribution < -0.4 is 9.80 Å². The van der Waals surface area contributed by atoms with Gasteiger partial charge < -0.3 is 9.80 Å². The molecule has 2 heteroatoms. The topological polar surface area (TPSA) is 6.48 Å². The Balaban J connectivity index is 0.848. The van der Waals surface area contributed by atoms with Crippen molar-refractivity contribution < 1.29 is 0 Å². The van der Waals surface area contributed by atoms with Gasteiger partial charge in [0.1, 0.15) is 0 Å². The third-order valence-electron chi connectivity index (χ3n) is 14.7. The van der Waals surface area contributed by atoms with E-state index in [1.807, 2.05) is 0 Å². The Morgan fingerprint density at radius 2 is 0.421 bits per heavy atom. The molecule has 76 heavy (non-hydrogen) atoms. The van der Waals surface area contributed by atoms with Crippen LogP contribution in [0.15, 0.2) is 315 Å². The minimum Gasteiger partial charge on any atom is -0.310 e. The van der Waals surface area contributed by atoms with Crippen molar-refractivity contribution in [2.24, 2.45) is 0 Å². The smallest absolute Gasteiger partial charge is 0.0540 e. The van der Waals surface area contributed by atoms with Crippen molar-refractivity contribution in [1.29, 1.82) is 0 Å². The molecule has 0 saturated heterocycles. The van der Waals surface area contributed by atoms with Crippen LogP contribution >= 0.6 is 0 Å². The van der Waals surface area contributed by atoms with Gasteiger partial charge in [0, 0.05) is 33.9 Å². The fourth-order valence-corrected chi connectivity index (χ4v) is 10.8. The van der Waals surface area contributed by atoms with Gasteiger partial charge in [-0.1, -0.05) is 243 Å². The fraction of sp³-hybridized carbons (Fsp3) is 0. The molecule has 0 bridgehead atoms. The van der Waals surface area contributed by atoms with Gasteiger partial charge in [-0.2, -0.15) is 0 Å². The Labute approximate surface area is 445 Å². The zero-order valence-corrected chi connectivity index (χ0v) is 41.9. The maximum absolute atomic E-state index is 2.39. The minimum absolute atomic E-state index is 1.08. The van der Waals surface area contributed by atoms with Crippen LogP contribution in [0.2, 0.25) is 0 Å². The maximum Gasteiger partial charge on any atom is 0.0540 e. The zero-order chi connectivity index (χ0) is 50.6. The van der Waals surface area contributed by atoms with Gasteiger partial charge in [-0.15, -0.1) is 0 Å². The first-order valence-corrected chi connectivity index (χ1v) is 26.1. The summed E-state index contributed by atoms with van der Waals surface area (Å²) in [4.78, 5) is 4.78. The first-order valence-electron chi connectivity index (χ1n) is 26.1. The lowest BCUT2D eigenvalue weighted by Gasteiger charge is -2.28. The summed E-state index contributed by atoms with van der Waals surface area (Å²) in [6, 6.07) is 114. The normalized spacial score (nSPS) is 11.2. The van der Waals surface area contributed by atoms with Gasteiger partial charge in [0.25, 0.3) is 0 Å². The molecule has 0 radical (unpaired) electrons. The van der Waals surface area contributed by atoms with E-state index < -0.39 is 0 Å². The molecule has 0 heterocycles. The summed E-state index contributed by atoms with van der Waals surface area (Å²) in [7, 11) is 0. The number of hydrogen-bond donors (Lipinski definition) is 0. The highest BCUT2D eigenvalue weighted by molar-refractivity contribution is 5.94. The highest BCUT2D eigenvalue weighted by Crippen LogP contribution is 2.45. The van der Waals surface area contributed by atoms with Crippen LogP contribution in [-0.4, -0.2) is 0 Å². The Hall–Kier alpha value is -10.0. The van der Waals surface area contributed by atoms with Gasteiger partial charge in [0.2, 0.25) is 0 Å². The average molecular weight is 969 g/mol. The lowest BCUT2D eigenvalue weighted by molar-refractivity contribution is 1.28. The molecule has 0 aliphatic carbocycles. The number of benzene rings is 13. The quantitative estimate of drug-likeness (QED) is 0.120. The van der Waals surface area contributed by atoms with Crippen molar-refractivity contribution >= 4 is 55.7 Å². The van der Waals surface area contributed by atoms with Crippen molar-refractivity contribution in [2.75, 3.05) is 9.80 Å². The van der Waals surface area contributed by atoms with Gasteiger partial charge in [-0.3, -0.25) is 0 Å². The molecule has 0 aliphatic rings. The Morgan fingerprint density at radius 3 is 0.789 bits per heavy atom. The molecule has 0 amide bonds. The molecule has 0 spiro atoms. The van der Waals surface area contributed by atoms with Crippen LogP contribution in [0, 0.1) is 0 Å². The van der Waals surface area contributed by atoms with Gasteiger partial charge in [-0.05, 0) is 150 Å². The Bertz CT molecular complexity index is 3860. The molecule has 13 aromatic rings. The molecular formula is C74H52N2. The average Bonchev–Trinajstić information content (AvgIpc) is 3.50. The molecule has 0 atom stereocenters. The molecule has 0 fully saturated rings. The van der Waals surface area contributed by atoms with Gasteiger partial charge in [0.15, 0.2) is 0 Å². The Morgan fingerprint density at radius 1 is 0.158 bits per heavy atom. The van der Waals surface area contributed by atoms with E-state index in [1.54, 1.807) is 0 Å². The van der Waals surface area contributed by atoms with Crippen LogP contribution in [0.5, 0.6) is 0 Å². The summed E-state index contributed by atoms with van der Waals surface area (Å²) < 4.78 is 0. The van der Waals surface area contributed by atoms with E-state index in [-0.39, 0.29) is 0 Å². The predicted octanol–water partition coefficient (Wildman–Crippen LogP) is 20.9. The first-order chi connectivity index (χ1) is 37.7. The lowest BCUT2D eigenvalue weighted by Crippen LogP contribution is -2.11. The summed E-state index contributed by atoms with van der Waals surface area (Å²) in [6.07, 6.45) is 0. The lowest BCUT2D eigenvalue weighted by atomic mass is 9.94. The number of rotatable bonds is 12. The maximum atomic E-state index is 2.39. The molecule has 0 saturated carbocycles. The van der Waals surface area contributed by atoms with Crippen molar-refractivity contribution in [3.8, 4) is 66.8 Å². The second-order valence-corrected chi connectivity index (χ2v) is 19.3. The highest BCUT2D eigenvalue weighted by Gasteiger charge is 2.20. The molecule has 358 valence electrons. The van der Waals surface area contributed by atoms with Crippen molar-refractivity contribution in [3.05, 3.63) is 315 Å². The minimum atomic E-state index is 1.08. The second-order valence-electron chi connectivity index (χ2n) is 19.3. The molecular weight excluding hydrogens is 917 g/mol. The van der Waals surface area contributed by atoms with E-state index in [9.17, 15) is 0 Å². The third-order valence-corrected chi connectivity index (χ3v) is 14.7. The molecule has 2 nitrogen and oxygen atoms in total. The van der Waals surface area contributed by atoms with Gasteiger partial charge in [0.05, 0.1) is 11.4 Å². The standard InChI is InChI=1S/C74H52N2/c1-3-19-57(20-4-1)71-27-13-15-29-73(71)75(65-43-35-55(36-44-65)63-33-31-53-17-7-9-23-61(53)51-63)67-47-39-59(40-48-67)69-25-11-12-26-70(69)60-41-49-68(50-42-60)76(74-30-16-14-28-72(74)58-21-5-2-6-22-58)66-45-37-56(38-46-66)64-34-32-54-18-8-10-24-62(54)52-64/h1-52H. The molecule has 13 aromatic carbocycles. The molecule has 0 unspecified atom stereocenters. The zero-order valence-electron chi connectivity index (χ0n) is 41.9. The first kappa shape index (κ1) is 45.8. The summed E-state index contributed by atoms with van der Waals surface area (Å²) in [5.41, 5.74) is 20.6. The fourth-order valence-electron chi connectivity index (χ4n) is 10.8. The van der Waals surface area contributed by atoms with Crippen LogP contribution in [-0.2, 0) is 0 Å². The van der Waals surface area contributed by atoms with Crippen LogP contribution in [0.1, 0.15) is 0 Å². The van der Waals surface area contributed by atoms with Crippen LogP contribution in [0.25, 0.3) is 88.3 Å². The van der Waals surface area contributed by atoms with Crippen molar-refractivity contribution in [3.63, 3.8) is 0 Å². The largest absolute Gasteiger partial charge is 0.310 e. The van der Waals surface area contributed by atoms with Gasteiger partial charge >= 0.3 is 0 Å². The highest BCUT2D eigenvalue weighted by atomic mass is 15.1. The van der Waals surface area contributed by atoms with E-state index in [2.05, 4.69) is 325 Å². The van der Waals surface area contributed by atoms with Crippen molar-refractivity contribution in [1.82, 2.24) is 0 Å². The number of anilines is 6. The SMILES string of the molecule is c1ccc(-c2ccccc2N(c2ccc(-c3ccc4ccccc4c3)cc2)c2ccc(-c3ccccc3-c3ccc(N(c4ccc(-c5ccc6ccccc6c5)cc4)c4ccccc4-c4ccccc4)cc3)cc2)cc1. The van der Waals surface area contributed by atoms with Crippen LogP contribution in [0.4, 0.5) is 34.1 Å². The second kappa shape index (κ2) is 20.5. The molecule has 0 aliphatic heterocycles. The van der Waals surface area contributed by atoms with E-state index >= 15 is 0 Å². The molecule has 0 aromatic heterocycles. The van der Waals surface area contributed by atoms with E-state index in [1.165, 1.54) is 77.2 Å². The summed E-state index contributed by atoms with van der Waals surface area (Å²) in [5, 5.41) is 4.97. The number of hydrogen-bond acceptors (Lipinski definition) is 2. The summed E-state index contributed by atoms with van der Waals surface area (Å²) >= 11 is 0. The summed E-state index contributed by atoms with van der Waals surface area (Å²) in [6.45, 7) is 0. The number of fused-ring (bicyclic) bond motifs is 2. The van der Waals surface area contributed by atoms with Crippen molar-refractivity contribution in [2.45, 2.75) is 0 Å². The van der Waals surface area contributed by atoms with E-state index in [0.717, 1.165) is 45.3 Å². The Kier molecular flexibility index (Phi) is 12.3. The van der Waals surface area contributed by atoms with E-state index in [4.69, 9.17) is 0 Å². The molecule has 13 rings (SSSR count). The molecule has 0 N–H and O–H groups in total. The van der Waals surface area contributed by atoms with Gasteiger partial charge in [-0.25, -0.2) is 0 Å². The number of para-hydroxylation sites is 2. The van der Waals surface area contributed by atoms with E-state index in [0.29, 0.717) is 0 Å². The monoisotopic (exact) mass is 968 g/mol. The number of nitrogens with zero attached hydrogens (tertiary/aromatic N) is 2. The third kappa shape index (κ3) is 9.10. The summed E-state index contributed by atoms with van der Waals surface area (Å²) in [5.74, 6) is 0.